The smallest absolute Gasteiger partial charge is 0.462 e. The van der Waals surface area contributed by atoms with Crippen LogP contribution in [0.25, 0.3) is 0 Å². The quantitative estimate of drug-likeness (QED) is 0.224. The summed E-state index contributed by atoms with van der Waals surface area (Å²) < 4.78 is 47.2. The molecule has 1 saturated carbocycles. The predicted octanol–water partition coefficient (Wildman–Crippen LogP) is 8.21. The Morgan fingerprint density at radius 2 is 1.63 bits per heavy atom. The molecular weight excluding hydrogens is 531 g/mol. The summed E-state index contributed by atoms with van der Waals surface area (Å²) in [6.45, 7) is 9.25. The predicted molar refractivity (Wildman–Crippen MR) is 152 cm³/mol. The maximum Gasteiger partial charge on any atom is 0.573 e. The lowest BCUT2D eigenvalue weighted by atomic mass is 9.71. The van der Waals surface area contributed by atoms with Crippen LogP contribution < -0.4 is 4.74 Å². The average Bonchev–Trinajstić information content (AvgIpc) is 3.32. The van der Waals surface area contributed by atoms with Crippen molar-refractivity contribution in [2.24, 2.45) is 11.3 Å². The third-order valence-electron chi connectivity index (χ3n) is 8.61. The molecule has 1 atom stereocenters. The number of hydrogen-bond donors (Lipinski definition) is 0. The van der Waals surface area contributed by atoms with Gasteiger partial charge in [0.1, 0.15) is 5.75 Å². The lowest BCUT2D eigenvalue weighted by Gasteiger charge is -2.43. The topological polar surface area (TPSA) is 55.8 Å². The Kier molecular flexibility index (Phi) is 9.70. The largest absolute Gasteiger partial charge is 0.573 e. The number of ether oxygens (including phenoxy) is 2. The van der Waals surface area contributed by atoms with Crippen molar-refractivity contribution in [3.05, 3.63) is 64.7 Å². The fraction of sp³-hybridized carbons (Fsp3) is 0.576. The van der Waals surface area contributed by atoms with E-state index in [0.717, 1.165) is 62.5 Å². The van der Waals surface area contributed by atoms with Gasteiger partial charge in [-0.05, 0) is 97.2 Å². The van der Waals surface area contributed by atoms with Gasteiger partial charge in [-0.15, -0.1) is 13.2 Å². The minimum Gasteiger partial charge on any atom is -0.462 e. The van der Waals surface area contributed by atoms with E-state index < -0.39 is 6.36 Å². The Morgan fingerprint density at radius 1 is 0.951 bits per heavy atom. The summed E-state index contributed by atoms with van der Waals surface area (Å²) in [7, 11) is 0. The number of unbranched alkanes of at least 4 members (excludes halogenated alkanes) is 1. The van der Waals surface area contributed by atoms with Crippen molar-refractivity contribution in [3.8, 4) is 5.75 Å². The molecule has 0 N–H and O–H groups in total. The molecule has 4 rings (SSSR count). The average molecular weight is 574 g/mol. The van der Waals surface area contributed by atoms with Crippen molar-refractivity contribution in [1.82, 2.24) is 4.90 Å². The summed E-state index contributed by atoms with van der Waals surface area (Å²) >= 11 is 0. The molecule has 8 heteroatoms. The van der Waals surface area contributed by atoms with Crippen LogP contribution in [-0.2, 0) is 22.4 Å². The second kappa shape index (κ2) is 12.9. The van der Waals surface area contributed by atoms with Crippen molar-refractivity contribution in [2.45, 2.75) is 104 Å². The molecule has 2 aliphatic carbocycles. The van der Waals surface area contributed by atoms with Gasteiger partial charge in [-0.1, -0.05) is 52.3 Å². The van der Waals surface area contributed by atoms with Gasteiger partial charge in [0.2, 0.25) is 5.91 Å². The second-order valence-corrected chi connectivity index (χ2v) is 12.5. The first-order valence-electron chi connectivity index (χ1n) is 14.8. The monoisotopic (exact) mass is 573 g/mol. The van der Waals surface area contributed by atoms with Crippen LogP contribution in [0.3, 0.4) is 0 Å². The lowest BCUT2D eigenvalue weighted by Crippen LogP contribution is -2.45. The van der Waals surface area contributed by atoms with Crippen molar-refractivity contribution in [1.29, 1.82) is 0 Å². The number of carbonyl (C=O) groups is 2. The molecule has 5 nitrogen and oxygen atoms in total. The zero-order valence-corrected chi connectivity index (χ0v) is 24.6. The third-order valence-corrected chi connectivity index (χ3v) is 8.61. The number of rotatable bonds is 9. The maximum atomic E-state index is 14.0. The number of hydrogen-bond acceptors (Lipinski definition) is 4. The molecule has 2 aromatic carbocycles. The summed E-state index contributed by atoms with van der Waals surface area (Å²) in [4.78, 5) is 28.6. The number of amides is 1. The summed E-state index contributed by atoms with van der Waals surface area (Å²) in [6.07, 6.45) is 2.57. The summed E-state index contributed by atoms with van der Waals surface area (Å²) in [5.74, 6) is -0.0699. The number of halogens is 3. The van der Waals surface area contributed by atoms with E-state index in [4.69, 9.17) is 4.74 Å². The van der Waals surface area contributed by atoms with E-state index in [9.17, 15) is 22.8 Å². The summed E-state index contributed by atoms with van der Waals surface area (Å²) in [6, 6.07) is 11.2. The van der Waals surface area contributed by atoms with E-state index >= 15 is 0 Å². The SMILES string of the molecule is CCCCOC(=O)c1ccc2c(c1)CCC2N(C(=O)Cc1ccc(OC(F)(F)F)cc1)C1CCC(C(C)(C)C)CC1. The van der Waals surface area contributed by atoms with Gasteiger partial charge in [-0.25, -0.2) is 4.79 Å². The number of benzene rings is 2. The molecule has 224 valence electrons. The molecule has 2 aromatic rings. The van der Waals surface area contributed by atoms with Crippen LogP contribution in [0.15, 0.2) is 42.5 Å². The van der Waals surface area contributed by atoms with Crippen LogP contribution in [-0.4, -0.2) is 35.8 Å². The van der Waals surface area contributed by atoms with Gasteiger partial charge >= 0.3 is 12.3 Å². The van der Waals surface area contributed by atoms with Crippen LogP contribution in [0.2, 0.25) is 0 Å². The van der Waals surface area contributed by atoms with Crippen molar-refractivity contribution in [3.63, 3.8) is 0 Å². The van der Waals surface area contributed by atoms with Gasteiger partial charge < -0.3 is 14.4 Å². The van der Waals surface area contributed by atoms with Crippen molar-refractivity contribution >= 4 is 11.9 Å². The molecule has 1 amide bonds. The van der Waals surface area contributed by atoms with Crippen molar-refractivity contribution in [2.75, 3.05) is 6.61 Å². The second-order valence-electron chi connectivity index (χ2n) is 12.5. The third kappa shape index (κ3) is 8.04. The highest BCUT2D eigenvalue weighted by molar-refractivity contribution is 5.90. The van der Waals surface area contributed by atoms with Crippen LogP contribution in [0.1, 0.15) is 106 Å². The number of fused-ring (bicyclic) bond motifs is 1. The van der Waals surface area contributed by atoms with Gasteiger partial charge in [0.25, 0.3) is 0 Å². The normalized spacial score (nSPS) is 20.8. The Labute approximate surface area is 241 Å². The lowest BCUT2D eigenvalue weighted by molar-refractivity contribution is -0.274. The standard InChI is InChI=1S/C33H42F3NO4/c1-5-6-19-40-31(39)24-9-17-28-23(21-24)10-18-29(28)37(26-13-11-25(12-14-26)32(2,3)4)30(38)20-22-7-15-27(16-8-22)41-33(34,35)36/h7-9,15-17,21,25-26,29H,5-6,10-14,18-20H2,1-4H3. The van der Waals surface area contributed by atoms with Crippen LogP contribution in [0.5, 0.6) is 5.75 Å². The van der Waals surface area contributed by atoms with Gasteiger partial charge in [-0.3, -0.25) is 4.79 Å². The highest BCUT2D eigenvalue weighted by Crippen LogP contribution is 2.44. The first-order valence-corrected chi connectivity index (χ1v) is 14.8. The molecule has 0 bridgehead atoms. The fourth-order valence-corrected chi connectivity index (χ4v) is 6.33. The Morgan fingerprint density at radius 3 is 2.24 bits per heavy atom. The minimum absolute atomic E-state index is 0.0328. The first-order chi connectivity index (χ1) is 19.4. The number of carbonyl (C=O) groups excluding carboxylic acids is 2. The molecule has 0 saturated heterocycles. The number of alkyl halides is 3. The summed E-state index contributed by atoms with van der Waals surface area (Å²) in [5.41, 5.74) is 3.51. The Balaban J connectivity index is 1.55. The highest BCUT2D eigenvalue weighted by atomic mass is 19.4. The van der Waals surface area contributed by atoms with Crippen LogP contribution >= 0.6 is 0 Å². The molecule has 41 heavy (non-hydrogen) atoms. The molecular formula is C33H42F3NO4. The summed E-state index contributed by atoms with van der Waals surface area (Å²) in [5, 5.41) is 0. The first kappa shape index (κ1) is 30.9. The van der Waals surface area contributed by atoms with Gasteiger partial charge in [0.15, 0.2) is 0 Å². The van der Waals surface area contributed by atoms with Gasteiger partial charge in [0.05, 0.1) is 24.6 Å². The van der Waals surface area contributed by atoms with Crippen molar-refractivity contribution < 1.29 is 32.2 Å². The number of esters is 1. The zero-order valence-electron chi connectivity index (χ0n) is 24.6. The van der Waals surface area contributed by atoms with E-state index in [1.807, 2.05) is 24.0 Å². The number of aryl methyl sites for hydroxylation is 1. The highest BCUT2D eigenvalue weighted by Gasteiger charge is 2.39. The Bertz CT molecular complexity index is 1190. The number of nitrogens with zero attached hydrogens (tertiary/aromatic N) is 1. The Hall–Kier alpha value is -3.03. The molecule has 2 aliphatic rings. The molecule has 1 fully saturated rings. The minimum atomic E-state index is -4.76. The van der Waals surface area contributed by atoms with Gasteiger partial charge in [0, 0.05) is 6.04 Å². The molecule has 0 aliphatic heterocycles. The molecule has 0 radical (unpaired) electrons. The molecule has 0 heterocycles. The maximum absolute atomic E-state index is 14.0. The van der Waals surface area contributed by atoms with Gasteiger partial charge in [-0.2, -0.15) is 0 Å². The molecule has 0 spiro atoms. The molecule has 0 aromatic heterocycles. The molecule has 1 unspecified atom stereocenters. The zero-order chi connectivity index (χ0) is 29.8. The van der Waals surface area contributed by atoms with E-state index in [-0.39, 0.29) is 41.5 Å². The van der Waals surface area contributed by atoms with E-state index in [2.05, 4.69) is 25.5 Å². The fourth-order valence-electron chi connectivity index (χ4n) is 6.33. The van der Waals surface area contributed by atoms with Crippen LogP contribution in [0, 0.1) is 11.3 Å². The van der Waals surface area contributed by atoms with E-state index in [1.165, 1.54) is 24.3 Å². The van der Waals surface area contributed by atoms with E-state index in [0.29, 0.717) is 23.7 Å². The van der Waals surface area contributed by atoms with E-state index in [1.54, 1.807) is 6.07 Å². The van der Waals surface area contributed by atoms with Crippen LogP contribution in [0.4, 0.5) is 13.2 Å².